The fourth-order valence-corrected chi connectivity index (χ4v) is 4.30. The Morgan fingerprint density at radius 3 is 2.50 bits per heavy atom. The van der Waals surface area contributed by atoms with E-state index < -0.39 is 42.0 Å². The number of carbonyl (C=O) groups is 4. The summed E-state index contributed by atoms with van der Waals surface area (Å²) < 4.78 is 0. The van der Waals surface area contributed by atoms with Crippen LogP contribution in [0.2, 0.25) is 0 Å². The van der Waals surface area contributed by atoms with Gasteiger partial charge >= 0.3 is 5.97 Å². The van der Waals surface area contributed by atoms with E-state index in [-0.39, 0.29) is 24.7 Å². The number of amides is 3. The van der Waals surface area contributed by atoms with Crippen LogP contribution in [0.15, 0.2) is 42.9 Å². The van der Waals surface area contributed by atoms with Crippen LogP contribution < -0.4 is 16.4 Å². The Hall–Kier alpha value is -3.73. The first-order valence-electron chi connectivity index (χ1n) is 12.1. The van der Waals surface area contributed by atoms with E-state index in [0.29, 0.717) is 25.1 Å². The van der Waals surface area contributed by atoms with Gasteiger partial charge < -0.3 is 31.4 Å². The van der Waals surface area contributed by atoms with Gasteiger partial charge in [0.05, 0.1) is 12.4 Å². The Balaban J connectivity index is 1.66. The van der Waals surface area contributed by atoms with E-state index in [1.54, 1.807) is 44.3 Å². The summed E-state index contributed by atoms with van der Waals surface area (Å²) in [5, 5.41) is 15.0. The third kappa shape index (κ3) is 6.91. The van der Waals surface area contributed by atoms with Crippen molar-refractivity contribution in [3.05, 3.63) is 54.1 Å². The first-order chi connectivity index (χ1) is 17.2. The molecule has 3 amide bonds. The summed E-state index contributed by atoms with van der Waals surface area (Å²) in [4.78, 5) is 59.3. The number of aromatic amines is 1. The maximum atomic E-state index is 13.4. The number of H-pyrrole nitrogens is 1. The molecule has 11 heteroatoms. The molecule has 1 aromatic heterocycles. The average Bonchev–Trinajstić information content (AvgIpc) is 3.54. The topological polar surface area (TPSA) is 171 Å². The van der Waals surface area contributed by atoms with Gasteiger partial charge in [-0.1, -0.05) is 44.2 Å². The van der Waals surface area contributed by atoms with E-state index >= 15 is 0 Å². The van der Waals surface area contributed by atoms with Crippen molar-refractivity contribution in [1.82, 2.24) is 25.5 Å². The molecule has 0 spiro atoms. The fourth-order valence-electron chi connectivity index (χ4n) is 4.30. The van der Waals surface area contributed by atoms with Crippen molar-refractivity contribution in [2.75, 3.05) is 6.54 Å². The number of carbonyl (C=O) groups excluding carboxylic acids is 3. The minimum atomic E-state index is -1.15. The highest BCUT2D eigenvalue weighted by Gasteiger charge is 2.40. The lowest BCUT2D eigenvalue weighted by Gasteiger charge is -2.31. The van der Waals surface area contributed by atoms with Gasteiger partial charge in [-0.3, -0.25) is 14.4 Å². The van der Waals surface area contributed by atoms with Crippen LogP contribution in [0.3, 0.4) is 0 Å². The Labute approximate surface area is 209 Å². The van der Waals surface area contributed by atoms with Crippen molar-refractivity contribution in [3.8, 4) is 0 Å². The van der Waals surface area contributed by atoms with E-state index in [4.69, 9.17) is 5.73 Å². The number of imidazole rings is 1. The van der Waals surface area contributed by atoms with Gasteiger partial charge in [0, 0.05) is 31.3 Å². The highest BCUT2D eigenvalue weighted by Crippen LogP contribution is 2.21. The zero-order valence-electron chi connectivity index (χ0n) is 20.5. The summed E-state index contributed by atoms with van der Waals surface area (Å²) in [5.41, 5.74) is 7.50. The number of aliphatic carboxylic acids is 1. The third-order valence-corrected chi connectivity index (χ3v) is 6.30. The molecular formula is C25H34N6O5. The largest absolute Gasteiger partial charge is 0.480 e. The SMILES string of the molecule is CC(C)C(NC(=O)C(N)Cc1cnc[nH]1)C(=O)N1CCCC1C(=O)NC(Cc1ccccc1)C(=O)O. The summed E-state index contributed by atoms with van der Waals surface area (Å²) >= 11 is 0. The number of likely N-dealkylation sites (tertiary alicyclic amines) is 1. The van der Waals surface area contributed by atoms with Crippen molar-refractivity contribution >= 4 is 23.7 Å². The first kappa shape index (κ1) is 26.9. The smallest absolute Gasteiger partial charge is 0.326 e. The van der Waals surface area contributed by atoms with Gasteiger partial charge in [0.2, 0.25) is 17.7 Å². The molecule has 1 aromatic carbocycles. The van der Waals surface area contributed by atoms with Gasteiger partial charge in [-0.15, -0.1) is 0 Å². The molecule has 0 aliphatic carbocycles. The Morgan fingerprint density at radius 1 is 1.17 bits per heavy atom. The van der Waals surface area contributed by atoms with Crippen molar-refractivity contribution in [1.29, 1.82) is 0 Å². The predicted octanol–water partition coefficient (Wildman–Crippen LogP) is 0.223. The predicted molar refractivity (Wildman–Crippen MR) is 131 cm³/mol. The molecule has 36 heavy (non-hydrogen) atoms. The van der Waals surface area contributed by atoms with Gasteiger partial charge in [0.1, 0.15) is 18.1 Å². The van der Waals surface area contributed by atoms with Gasteiger partial charge in [-0.05, 0) is 24.3 Å². The summed E-state index contributed by atoms with van der Waals surface area (Å²) in [5.74, 6) is -2.80. The summed E-state index contributed by atoms with van der Waals surface area (Å²) in [6.45, 7) is 3.94. The van der Waals surface area contributed by atoms with Crippen molar-refractivity contribution in [2.45, 2.75) is 63.7 Å². The molecule has 11 nitrogen and oxygen atoms in total. The summed E-state index contributed by atoms with van der Waals surface area (Å²) in [7, 11) is 0. The van der Waals surface area contributed by atoms with Gasteiger partial charge in [-0.2, -0.15) is 0 Å². The number of aromatic nitrogens is 2. The zero-order valence-corrected chi connectivity index (χ0v) is 20.5. The summed E-state index contributed by atoms with van der Waals surface area (Å²) in [6.07, 6.45) is 4.44. The fraction of sp³-hybridized carbons (Fsp3) is 0.480. The molecule has 0 bridgehead atoms. The van der Waals surface area contributed by atoms with E-state index in [9.17, 15) is 24.3 Å². The van der Waals surface area contributed by atoms with Crippen LogP contribution in [0, 0.1) is 5.92 Å². The summed E-state index contributed by atoms with van der Waals surface area (Å²) in [6, 6.07) is 5.31. The molecule has 1 saturated heterocycles. The van der Waals surface area contributed by atoms with E-state index in [1.165, 1.54) is 11.2 Å². The number of hydrogen-bond donors (Lipinski definition) is 5. The molecular weight excluding hydrogens is 464 g/mol. The molecule has 2 aromatic rings. The highest BCUT2D eigenvalue weighted by molar-refractivity contribution is 5.94. The van der Waals surface area contributed by atoms with Crippen LogP contribution in [-0.4, -0.2) is 74.4 Å². The van der Waals surface area contributed by atoms with Crippen LogP contribution in [0.25, 0.3) is 0 Å². The molecule has 1 fully saturated rings. The van der Waals surface area contributed by atoms with E-state index in [0.717, 1.165) is 5.56 Å². The van der Waals surface area contributed by atoms with Gasteiger partial charge in [0.15, 0.2) is 0 Å². The van der Waals surface area contributed by atoms with E-state index in [1.807, 2.05) is 6.07 Å². The van der Waals surface area contributed by atoms with E-state index in [2.05, 4.69) is 20.6 Å². The van der Waals surface area contributed by atoms with Crippen LogP contribution in [-0.2, 0) is 32.0 Å². The minimum absolute atomic E-state index is 0.126. The van der Waals surface area contributed by atoms with Gasteiger partial charge in [-0.25, -0.2) is 9.78 Å². The molecule has 6 N–H and O–H groups in total. The Morgan fingerprint density at radius 2 is 1.89 bits per heavy atom. The lowest BCUT2D eigenvalue weighted by atomic mass is 10.0. The highest BCUT2D eigenvalue weighted by atomic mass is 16.4. The van der Waals surface area contributed by atoms with Crippen molar-refractivity contribution in [2.24, 2.45) is 11.7 Å². The molecule has 3 rings (SSSR count). The zero-order chi connectivity index (χ0) is 26.2. The van der Waals surface area contributed by atoms with Crippen LogP contribution in [0.1, 0.15) is 37.9 Å². The second kappa shape index (κ2) is 12.3. The number of carboxylic acids is 1. The van der Waals surface area contributed by atoms with Crippen LogP contribution in [0.4, 0.5) is 0 Å². The normalized spacial score (nSPS) is 17.9. The third-order valence-electron chi connectivity index (χ3n) is 6.30. The van der Waals surface area contributed by atoms with Crippen LogP contribution >= 0.6 is 0 Å². The van der Waals surface area contributed by atoms with Crippen molar-refractivity contribution < 1.29 is 24.3 Å². The molecule has 1 aliphatic heterocycles. The lowest BCUT2D eigenvalue weighted by molar-refractivity contribution is -0.145. The Kier molecular flexibility index (Phi) is 9.18. The molecule has 194 valence electrons. The second-order valence-corrected chi connectivity index (χ2v) is 9.40. The molecule has 0 radical (unpaired) electrons. The molecule has 4 unspecified atom stereocenters. The maximum absolute atomic E-state index is 13.4. The number of hydrogen-bond acceptors (Lipinski definition) is 6. The molecule has 1 aliphatic rings. The van der Waals surface area contributed by atoms with Crippen molar-refractivity contribution in [3.63, 3.8) is 0 Å². The number of carboxylic acid groups (broad SMARTS) is 1. The maximum Gasteiger partial charge on any atom is 0.326 e. The molecule has 0 saturated carbocycles. The number of nitrogens with one attached hydrogen (secondary N) is 3. The quantitative estimate of drug-likeness (QED) is 0.295. The molecule has 4 atom stereocenters. The number of rotatable bonds is 11. The number of benzene rings is 1. The van der Waals surface area contributed by atoms with Crippen LogP contribution in [0.5, 0.6) is 0 Å². The number of nitrogens with zero attached hydrogens (tertiary/aromatic N) is 2. The number of nitrogens with two attached hydrogens (primary N) is 1. The monoisotopic (exact) mass is 498 g/mol. The average molecular weight is 499 g/mol. The standard InChI is InChI=1S/C25H34N6O5/c1-15(2)21(30-22(32)18(26)12-17-13-27-14-28-17)24(34)31-10-6-9-20(31)23(33)29-19(25(35)36)11-16-7-4-3-5-8-16/h3-5,7-8,13-15,18-21H,6,9-12,26H2,1-2H3,(H,27,28)(H,29,33)(H,30,32)(H,35,36). The second-order valence-electron chi connectivity index (χ2n) is 9.40. The van der Waals surface area contributed by atoms with Gasteiger partial charge in [0.25, 0.3) is 0 Å². The lowest BCUT2D eigenvalue weighted by Crippen LogP contribution is -2.58. The molecule has 2 heterocycles. The Bertz CT molecular complexity index is 1040. The first-order valence-corrected chi connectivity index (χ1v) is 12.1. The minimum Gasteiger partial charge on any atom is -0.480 e.